The van der Waals surface area contributed by atoms with Gasteiger partial charge in [-0.3, -0.25) is 9.59 Å². The Kier molecular flexibility index (Phi) is 7.35. The van der Waals surface area contributed by atoms with Gasteiger partial charge in [0.25, 0.3) is 5.91 Å². The van der Waals surface area contributed by atoms with Crippen LogP contribution in [0.15, 0.2) is 30.5 Å². The number of nitrogens with zero attached hydrogens (tertiary/aromatic N) is 3. The first kappa shape index (κ1) is 21.7. The van der Waals surface area contributed by atoms with Gasteiger partial charge in [-0.15, -0.1) is 0 Å². The first-order chi connectivity index (χ1) is 14.5. The quantitative estimate of drug-likeness (QED) is 0.685. The number of aryl methyl sites for hydroxylation is 1. The number of likely N-dealkylation sites (tertiary alicyclic amines) is 1. The third kappa shape index (κ3) is 5.54. The Labute approximate surface area is 176 Å². The number of nitrogens with one attached hydrogen (secondary N) is 1. The molecular weight excluding hydrogens is 382 g/mol. The van der Waals surface area contributed by atoms with E-state index in [2.05, 4.69) is 20.2 Å². The predicted molar refractivity (Wildman–Crippen MR) is 113 cm³/mol. The van der Waals surface area contributed by atoms with E-state index in [0.717, 1.165) is 43.1 Å². The molecule has 1 aliphatic rings. The van der Waals surface area contributed by atoms with Crippen molar-refractivity contribution in [2.24, 2.45) is 5.73 Å². The number of amides is 2. The molecule has 8 heteroatoms. The van der Waals surface area contributed by atoms with Gasteiger partial charge in [0.15, 0.2) is 0 Å². The van der Waals surface area contributed by atoms with Gasteiger partial charge < -0.3 is 20.7 Å². The highest BCUT2D eigenvalue weighted by atomic mass is 16.5. The van der Waals surface area contributed by atoms with Gasteiger partial charge >= 0.3 is 0 Å². The van der Waals surface area contributed by atoms with Gasteiger partial charge in [0, 0.05) is 37.2 Å². The molecule has 1 fully saturated rings. The van der Waals surface area contributed by atoms with Crippen LogP contribution in [-0.4, -0.2) is 53.4 Å². The lowest BCUT2D eigenvalue weighted by Crippen LogP contribution is -2.35. The van der Waals surface area contributed by atoms with Crippen molar-refractivity contribution in [2.75, 3.05) is 26.7 Å². The summed E-state index contributed by atoms with van der Waals surface area (Å²) in [4.78, 5) is 34.9. The number of primary amides is 1. The van der Waals surface area contributed by atoms with Crippen LogP contribution in [-0.2, 0) is 11.3 Å². The molecule has 8 nitrogen and oxygen atoms in total. The zero-order chi connectivity index (χ0) is 21.5. The number of aromatic nitrogens is 2. The molecule has 3 N–H and O–H groups in total. The topological polar surface area (TPSA) is 110 Å². The lowest BCUT2D eigenvalue weighted by atomic mass is 9.95. The highest BCUT2D eigenvalue weighted by Gasteiger charge is 2.24. The number of benzene rings is 1. The molecule has 2 heterocycles. The Morgan fingerprint density at radius 3 is 2.67 bits per heavy atom. The lowest BCUT2D eigenvalue weighted by Gasteiger charge is -2.31. The van der Waals surface area contributed by atoms with Crippen molar-refractivity contribution in [3.63, 3.8) is 0 Å². The summed E-state index contributed by atoms with van der Waals surface area (Å²) in [5, 5.41) is 2.92. The minimum Gasteiger partial charge on any atom is -0.496 e. The molecule has 0 atom stereocenters. The van der Waals surface area contributed by atoms with Gasteiger partial charge in [-0.2, -0.15) is 0 Å². The number of hydrogen-bond acceptors (Lipinski definition) is 6. The van der Waals surface area contributed by atoms with E-state index in [1.54, 1.807) is 13.3 Å². The molecule has 0 radical (unpaired) electrons. The van der Waals surface area contributed by atoms with E-state index in [0.29, 0.717) is 30.8 Å². The monoisotopic (exact) mass is 411 g/mol. The summed E-state index contributed by atoms with van der Waals surface area (Å²) in [6.07, 6.45) is 3.86. The molecule has 2 aromatic rings. The SMILES string of the molecule is COc1ccccc1CNC(=O)c1cnc(C2CCN(CCC(N)=O)CC2)nc1C. The zero-order valence-corrected chi connectivity index (χ0v) is 17.6. The average molecular weight is 412 g/mol. The number of ether oxygens (including phenoxy) is 1. The molecule has 0 aliphatic carbocycles. The summed E-state index contributed by atoms with van der Waals surface area (Å²) in [6, 6.07) is 7.58. The first-order valence-electron chi connectivity index (χ1n) is 10.2. The van der Waals surface area contributed by atoms with Gasteiger partial charge in [0.05, 0.1) is 18.4 Å². The normalized spacial score (nSPS) is 15.0. The van der Waals surface area contributed by atoms with E-state index in [4.69, 9.17) is 10.5 Å². The van der Waals surface area contributed by atoms with E-state index in [1.165, 1.54) is 0 Å². The number of piperidine rings is 1. The molecule has 1 aromatic carbocycles. The zero-order valence-electron chi connectivity index (χ0n) is 17.6. The van der Waals surface area contributed by atoms with Gasteiger partial charge in [0.1, 0.15) is 11.6 Å². The number of hydrogen-bond donors (Lipinski definition) is 2. The first-order valence-corrected chi connectivity index (χ1v) is 10.2. The van der Waals surface area contributed by atoms with Crippen LogP contribution < -0.4 is 15.8 Å². The molecule has 1 saturated heterocycles. The maximum absolute atomic E-state index is 12.6. The number of carbonyl (C=O) groups excluding carboxylic acids is 2. The molecular formula is C22H29N5O3. The van der Waals surface area contributed by atoms with Crippen LogP contribution in [0, 0.1) is 6.92 Å². The fourth-order valence-corrected chi connectivity index (χ4v) is 3.71. The number of para-hydroxylation sites is 1. The minimum atomic E-state index is -0.268. The van der Waals surface area contributed by atoms with Gasteiger partial charge in [-0.25, -0.2) is 9.97 Å². The molecule has 0 spiro atoms. The van der Waals surface area contributed by atoms with Crippen LogP contribution in [0.3, 0.4) is 0 Å². The fraction of sp³-hybridized carbons (Fsp3) is 0.455. The molecule has 3 rings (SSSR count). The van der Waals surface area contributed by atoms with E-state index in [-0.39, 0.29) is 17.7 Å². The van der Waals surface area contributed by atoms with Crippen LogP contribution in [0.5, 0.6) is 5.75 Å². The Hall–Kier alpha value is -3.00. The third-order valence-corrected chi connectivity index (χ3v) is 5.50. The summed E-state index contributed by atoms with van der Waals surface area (Å²) in [7, 11) is 1.61. The fourth-order valence-electron chi connectivity index (χ4n) is 3.71. The maximum atomic E-state index is 12.6. The molecule has 1 aromatic heterocycles. The maximum Gasteiger partial charge on any atom is 0.254 e. The van der Waals surface area contributed by atoms with Crippen molar-refractivity contribution in [1.29, 1.82) is 0 Å². The van der Waals surface area contributed by atoms with Crippen molar-refractivity contribution >= 4 is 11.8 Å². The number of carbonyl (C=O) groups is 2. The molecule has 0 unspecified atom stereocenters. The predicted octanol–water partition coefficient (Wildman–Crippen LogP) is 1.78. The molecule has 160 valence electrons. The van der Waals surface area contributed by atoms with Crippen LogP contribution in [0.2, 0.25) is 0 Å². The Balaban J connectivity index is 1.57. The van der Waals surface area contributed by atoms with E-state index >= 15 is 0 Å². The molecule has 30 heavy (non-hydrogen) atoms. The highest BCUT2D eigenvalue weighted by molar-refractivity contribution is 5.94. The van der Waals surface area contributed by atoms with Crippen LogP contribution in [0.4, 0.5) is 0 Å². The number of methoxy groups -OCH3 is 1. The molecule has 1 aliphatic heterocycles. The highest BCUT2D eigenvalue weighted by Crippen LogP contribution is 2.26. The summed E-state index contributed by atoms with van der Waals surface area (Å²) in [6.45, 7) is 4.69. The Bertz CT molecular complexity index is 894. The second kappa shape index (κ2) is 10.2. The van der Waals surface area contributed by atoms with Gasteiger partial charge in [-0.05, 0) is 38.9 Å². The minimum absolute atomic E-state index is 0.203. The van der Waals surface area contributed by atoms with E-state index in [1.807, 2.05) is 31.2 Å². The van der Waals surface area contributed by atoms with Crippen LogP contribution in [0.1, 0.15) is 52.6 Å². The van der Waals surface area contributed by atoms with E-state index < -0.39 is 0 Å². The van der Waals surface area contributed by atoms with Crippen molar-refractivity contribution in [2.45, 2.75) is 38.6 Å². The van der Waals surface area contributed by atoms with Gasteiger partial charge in [0.2, 0.25) is 5.91 Å². The Morgan fingerprint density at radius 1 is 1.27 bits per heavy atom. The molecule has 2 amide bonds. The number of nitrogens with two attached hydrogens (primary N) is 1. The van der Waals surface area contributed by atoms with Crippen molar-refractivity contribution in [3.05, 3.63) is 53.1 Å². The van der Waals surface area contributed by atoms with Gasteiger partial charge in [-0.1, -0.05) is 18.2 Å². The van der Waals surface area contributed by atoms with Crippen molar-refractivity contribution < 1.29 is 14.3 Å². The Morgan fingerprint density at radius 2 is 2.00 bits per heavy atom. The molecule has 0 bridgehead atoms. The summed E-state index contributed by atoms with van der Waals surface area (Å²) in [5.41, 5.74) is 7.29. The second-order valence-electron chi connectivity index (χ2n) is 7.55. The molecule has 0 saturated carbocycles. The smallest absolute Gasteiger partial charge is 0.254 e. The third-order valence-electron chi connectivity index (χ3n) is 5.50. The second-order valence-corrected chi connectivity index (χ2v) is 7.55. The average Bonchev–Trinajstić information content (AvgIpc) is 2.76. The largest absolute Gasteiger partial charge is 0.496 e. The lowest BCUT2D eigenvalue weighted by molar-refractivity contribution is -0.118. The van der Waals surface area contributed by atoms with Crippen LogP contribution >= 0.6 is 0 Å². The standard InChI is InChI=1S/C22H29N5O3/c1-15-18(22(29)25-13-17-5-3-4-6-19(17)30-2)14-24-21(26-15)16-7-10-27(11-8-16)12-9-20(23)28/h3-6,14,16H,7-13H2,1-2H3,(H2,23,28)(H,25,29). The summed E-state index contributed by atoms with van der Waals surface area (Å²) < 4.78 is 5.32. The van der Waals surface area contributed by atoms with Crippen molar-refractivity contribution in [3.8, 4) is 5.75 Å². The summed E-state index contributed by atoms with van der Waals surface area (Å²) in [5.74, 6) is 1.31. The summed E-state index contributed by atoms with van der Waals surface area (Å²) >= 11 is 0. The van der Waals surface area contributed by atoms with Crippen LogP contribution in [0.25, 0.3) is 0 Å². The number of rotatable bonds is 8. The van der Waals surface area contributed by atoms with Crippen molar-refractivity contribution in [1.82, 2.24) is 20.2 Å². The van der Waals surface area contributed by atoms with E-state index in [9.17, 15) is 9.59 Å².